The van der Waals surface area contributed by atoms with E-state index in [0.29, 0.717) is 22.8 Å². The minimum absolute atomic E-state index is 0.00474. The summed E-state index contributed by atoms with van der Waals surface area (Å²) in [6, 6.07) is 21.3. The van der Waals surface area contributed by atoms with Crippen molar-refractivity contribution >= 4 is 46.8 Å². The fourth-order valence-corrected chi connectivity index (χ4v) is 4.36. The average Bonchev–Trinajstić information content (AvgIpc) is 3.19. The van der Waals surface area contributed by atoms with Crippen molar-refractivity contribution in [2.75, 3.05) is 36.7 Å². The molecule has 1 amide bonds. The van der Waals surface area contributed by atoms with Gasteiger partial charge in [0.2, 0.25) is 0 Å². The van der Waals surface area contributed by atoms with E-state index in [1.807, 2.05) is 62.4 Å². The van der Waals surface area contributed by atoms with Crippen molar-refractivity contribution in [3.05, 3.63) is 131 Å². The molecule has 0 radical (unpaired) electrons. The Hall–Kier alpha value is -7.82. The predicted molar refractivity (Wildman–Crippen MR) is 204 cm³/mol. The van der Waals surface area contributed by atoms with E-state index in [0.717, 1.165) is 22.3 Å². The molecule has 55 heavy (non-hydrogen) atoms. The third-order valence-corrected chi connectivity index (χ3v) is 7.31. The van der Waals surface area contributed by atoms with Gasteiger partial charge in [0.05, 0.1) is 61.8 Å². The Bertz CT molecular complexity index is 2280. The zero-order valence-corrected chi connectivity index (χ0v) is 30.0. The Labute approximate surface area is 314 Å². The third kappa shape index (κ3) is 11.1. The quantitative estimate of drug-likeness (QED) is 0.139. The molecule has 8 N–H and O–H groups in total. The number of nitrogens with two attached hydrogens (primary N) is 3. The summed E-state index contributed by atoms with van der Waals surface area (Å²) in [6.07, 6.45) is 5.74. The molecule has 0 fully saturated rings. The van der Waals surface area contributed by atoms with Crippen molar-refractivity contribution in [1.82, 2.24) is 29.9 Å². The lowest BCUT2D eigenvalue weighted by Crippen LogP contribution is -2.17. The molecule has 0 spiro atoms. The van der Waals surface area contributed by atoms with Crippen LogP contribution in [0.3, 0.4) is 0 Å². The lowest BCUT2D eigenvalue weighted by Gasteiger charge is -2.09. The van der Waals surface area contributed by atoms with Gasteiger partial charge in [0.15, 0.2) is 23.0 Å². The molecule has 280 valence electrons. The first-order valence-corrected chi connectivity index (χ1v) is 16.1. The van der Waals surface area contributed by atoms with Crippen molar-refractivity contribution in [1.29, 1.82) is 0 Å². The maximum absolute atomic E-state index is 12.5. The van der Waals surface area contributed by atoms with E-state index >= 15 is 0 Å². The highest BCUT2D eigenvalue weighted by Crippen LogP contribution is 2.21. The second-order valence-electron chi connectivity index (χ2n) is 11.4. The van der Waals surface area contributed by atoms with Gasteiger partial charge in [-0.15, -0.1) is 0 Å². The van der Waals surface area contributed by atoms with Crippen LogP contribution < -0.4 is 22.5 Å². The van der Waals surface area contributed by atoms with Crippen LogP contribution in [-0.4, -0.2) is 73.0 Å². The molecule has 0 aliphatic carbocycles. The highest BCUT2D eigenvalue weighted by atomic mass is 16.5. The van der Waals surface area contributed by atoms with E-state index in [4.69, 9.17) is 22.3 Å². The molecule has 2 aromatic carbocycles. The number of nitrogen functional groups attached to an aromatic ring is 3. The largest absolute Gasteiger partial charge is 0.476 e. The van der Waals surface area contributed by atoms with Crippen LogP contribution in [0.15, 0.2) is 97.6 Å². The fourth-order valence-electron chi connectivity index (χ4n) is 4.36. The molecule has 4 aromatic heterocycles. The van der Waals surface area contributed by atoms with E-state index < -0.39 is 23.8 Å². The number of aryl methyl sites for hydroxylation is 2. The molecule has 17 heteroatoms. The number of esters is 2. The average molecular weight is 745 g/mol. The lowest BCUT2D eigenvalue weighted by atomic mass is 10.1. The SMILES string of the molecule is COC(=O)c1ccc(N)cn1.COC(=O)c1ccc(NC(=O)c2nc(-c3ccc(C)cc3)cnc2N)cn1.Cc1ccc(-c2cnc(N)c(C(=O)O)n2)cc1. The molecular formula is C38H36N10O7. The van der Waals surface area contributed by atoms with Gasteiger partial charge in [-0.25, -0.2) is 44.3 Å². The van der Waals surface area contributed by atoms with Crippen molar-refractivity contribution in [2.45, 2.75) is 13.8 Å². The molecule has 0 saturated carbocycles. The van der Waals surface area contributed by atoms with Gasteiger partial charge in [0, 0.05) is 11.1 Å². The van der Waals surface area contributed by atoms with Gasteiger partial charge < -0.3 is 37.1 Å². The van der Waals surface area contributed by atoms with Crippen LogP contribution in [0.25, 0.3) is 22.5 Å². The van der Waals surface area contributed by atoms with Crippen molar-refractivity contribution < 1.29 is 33.8 Å². The number of anilines is 4. The fraction of sp³-hybridized carbons (Fsp3) is 0.105. The number of rotatable bonds is 7. The van der Waals surface area contributed by atoms with Gasteiger partial charge in [0.1, 0.15) is 11.4 Å². The Morgan fingerprint density at radius 1 is 0.582 bits per heavy atom. The van der Waals surface area contributed by atoms with Crippen LogP contribution in [0.2, 0.25) is 0 Å². The summed E-state index contributed by atoms with van der Waals surface area (Å²) >= 11 is 0. The predicted octanol–water partition coefficient (Wildman–Crippen LogP) is 4.65. The molecule has 0 atom stereocenters. The van der Waals surface area contributed by atoms with Crippen LogP contribution in [0, 0.1) is 13.8 Å². The zero-order chi connectivity index (χ0) is 40.1. The first kappa shape index (κ1) is 40.0. The minimum atomic E-state index is -1.18. The number of nitrogens with zero attached hydrogens (tertiary/aromatic N) is 6. The number of benzene rings is 2. The summed E-state index contributed by atoms with van der Waals surface area (Å²) in [4.78, 5) is 69.5. The highest BCUT2D eigenvalue weighted by Gasteiger charge is 2.16. The summed E-state index contributed by atoms with van der Waals surface area (Å²) in [7, 11) is 2.57. The maximum Gasteiger partial charge on any atom is 0.358 e. The Balaban J connectivity index is 0.000000204. The smallest absolute Gasteiger partial charge is 0.358 e. The molecule has 0 aliphatic heterocycles. The van der Waals surface area contributed by atoms with Gasteiger partial charge in [-0.05, 0) is 38.1 Å². The Kier molecular flexibility index (Phi) is 13.5. The Morgan fingerprint density at radius 2 is 1.04 bits per heavy atom. The molecule has 17 nitrogen and oxygen atoms in total. The molecule has 0 unspecified atom stereocenters. The number of hydrogen-bond donors (Lipinski definition) is 5. The lowest BCUT2D eigenvalue weighted by molar-refractivity contribution is 0.0585. The molecule has 6 rings (SSSR count). The van der Waals surface area contributed by atoms with Crippen molar-refractivity contribution in [2.24, 2.45) is 0 Å². The number of carbonyl (C=O) groups is 4. The van der Waals surface area contributed by atoms with Crippen molar-refractivity contribution in [3.8, 4) is 22.5 Å². The molecule has 0 bridgehead atoms. The van der Waals surface area contributed by atoms with E-state index in [1.165, 1.54) is 57.2 Å². The minimum Gasteiger partial charge on any atom is -0.476 e. The van der Waals surface area contributed by atoms with Gasteiger partial charge in [-0.1, -0.05) is 59.7 Å². The van der Waals surface area contributed by atoms with Gasteiger partial charge in [0.25, 0.3) is 5.91 Å². The van der Waals surface area contributed by atoms with Crippen LogP contribution in [0.4, 0.5) is 23.0 Å². The topological polar surface area (TPSA) is 274 Å². The van der Waals surface area contributed by atoms with E-state index in [-0.39, 0.29) is 34.4 Å². The number of hydrogen-bond acceptors (Lipinski definition) is 15. The van der Waals surface area contributed by atoms with Crippen LogP contribution in [0.5, 0.6) is 0 Å². The summed E-state index contributed by atoms with van der Waals surface area (Å²) in [5.74, 6) is -2.78. The van der Waals surface area contributed by atoms with Gasteiger partial charge in [-0.3, -0.25) is 4.79 Å². The number of nitrogens with one attached hydrogen (secondary N) is 1. The second kappa shape index (κ2) is 18.6. The number of amides is 1. The zero-order valence-electron chi connectivity index (χ0n) is 30.0. The number of aromatic carboxylic acids is 1. The van der Waals surface area contributed by atoms with Gasteiger partial charge >= 0.3 is 17.9 Å². The van der Waals surface area contributed by atoms with E-state index in [9.17, 15) is 19.2 Å². The maximum atomic E-state index is 12.5. The summed E-state index contributed by atoms with van der Waals surface area (Å²) in [6.45, 7) is 3.96. The van der Waals surface area contributed by atoms with Crippen LogP contribution in [-0.2, 0) is 9.47 Å². The summed E-state index contributed by atoms with van der Waals surface area (Å²) < 4.78 is 9.02. The number of carboxylic acids is 1. The third-order valence-electron chi connectivity index (χ3n) is 7.31. The van der Waals surface area contributed by atoms with E-state index in [1.54, 1.807) is 6.07 Å². The number of aromatic nitrogens is 6. The first-order chi connectivity index (χ1) is 26.3. The van der Waals surface area contributed by atoms with E-state index in [2.05, 4.69) is 44.7 Å². The second-order valence-corrected chi connectivity index (χ2v) is 11.4. The number of ether oxygens (including phenoxy) is 2. The molecule has 4 heterocycles. The van der Waals surface area contributed by atoms with Crippen LogP contribution >= 0.6 is 0 Å². The molecule has 0 saturated heterocycles. The monoisotopic (exact) mass is 744 g/mol. The Morgan fingerprint density at radius 3 is 1.45 bits per heavy atom. The molecular weight excluding hydrogens is 708 g/mol. The number of carbonyl (C=O) groups excluding carboxylic acids is 3. The summed E-state index contributed by atoms with van der Waals surface area (Å²) in [5.41, 5.74) is 22.6. The molecule has 0 aliphatic rings. The summed E-state index contributed by atoms with van der Waals surface area (Å²) in [5, 5.41) is 11.5. The number of methoxy groups -OCH3 is 2. The normalized spacial score (nSPS) is 10.0. The highest BCUT2D eigenvalue weighted by molar-refractivity contribution is 6.06. The standard InChI is InChI=1S/C19H17N5O3.C12H11N3O2.C7H8N2O2/c1-11-3-5-12(6-4-11)15-10-22-17(20)16(24-15)18(25)23-13-7-8-14(21-9-13)19(26)27-2;1-7-2-4-8(5-3-7)9-6-14-11(13)10(15-9)12(16)17;1-11-7(10)6-3-2-5(8)4-9-6/h3-10H,1-2H3,(H2,20,22)(H,23,25);2-6H,1H3,(H2,13,14)(H,16,17);2-4H,8H2,1H3. The van der Waals surface area contributed by atoms with Crippen LogP contribution in [0.1, 0.15) is 53.1 Å². The number of pyridine rings is 2. The van der Waals surface area contributed by atoms with Crippen molar-refractivity contribution in [3.63, 3.8) is 0 Å². The number of carboxylic acid groups (broad SMARTS) is 1. The molecule has 6 aromatic rings. The van der Waals surface area contributed by atoms with Gasteiger partial charge in [-0.2, -0.15) is 0 Å². The first-order valence-electron chi connectivity index (χ1n) is 16.1.